The fourth-order valence-electron chi connectivity index (χ4n) is 3.96. The minimum Gasteiger partial charge on any atom is -0.342 e. The highest BCUT2D eigenvalue weighted by molar-refractivity contribution is 5.83. The summed E-state index contributed by atoms with van der Waals surface area (Å²) < 4.78 is 0. The van der Waals surface area contributed by atoms with E-state index in [0.29, 0.717) is 5.92 Å². The van der Waals surface area contributed by atoms with Crippen molar-refractivity contribution >= 4 is 5.91 Å². The van der Waals surface area contributed by atoms with Crippen LogP contribution in [0.5, 0.6) is 0 Å². The minimum atomic E-state index is -0.0831. The first-order valence-corrected chi connectivity index (χ1v) is 9.61. The number of nitrogens with zero attached hydrogens (tertiary/aromatic N) is 3. The van der Waals surface area contributed by atoms with Gasteiger partial charge < -0.3 is 10.2 Å². The topological polar surface area (TPSA) is 58.1 Å². The van der Waals surface area contributed by atoms with Gasteiger partial charge in [-0.15, -0.1) is 0 Å². The van der Waals surface area contributed by atoms with Crippen LogP contribution >= 0.6 is 0 Å². The Bertz CT molecular complexity index is 769. The lowest BCUT2D eigenvalue weighted by molar-refractivity contribution is -0.133. The summed E-state index contributed by atoms with van der Waals surface area (Å²) in [7, 11) is 0. The van der Waals surface area contributed by atoms with Crippen LogP contribution in [-0.4, -0.2) is 40.4 Å². The molecule has 0 aliphatic carbocycles. The largest absolute Gasteiger partial charge is 0.342 e. The van der Waals surface area contributed by atoms with Crippen LogP contribution in [0.1, 0.15) is 54.2 Å². The first-order valence-electron chi connectivity index (χ1n) is 9.61. The van der Waals surface area contributed by atoms with Gasteiger partial charge in [-0.3, -0.25) is 4.79 Å². The summed E-state index contributed by atoms with van der Waals surface area (Å²) >= 11 is 0. The molecule has 1 atom stereocenters. The monoisotopic (exact) mass is 350 g/mol. The smallest absolute Gasteiger partial charge is 0.229 e. The number of aromatic nitrogens is 2. The van der Waals surface area contributed by atoms with Crippen LogP contribution < -0.4 is 5.32 Å². The highest BCUT2D eigenvalue weighted by Gasteiger charge is 2.29. The Morgan fingerprint density at radius 1 is 1.23 bits per heavy atom. The maximum absolute atomic E-state index is 12.8. The van der Waals surface area contributed by atoms with Gasteiger partial charge in [0.25, 0.3) is 0 Å². The summed E-state index contributed by atoms with van der Waals surface area (Å²) in [6.45, 7) is 5.46. The Morgan fingerprint density at radius 2 is 2.00 bits per heavy atom. The zero-order valence-electron chi connectivity index (χ0n) is 15.3. The van der Waals surface area contributed by atoms with Crippen molar-refractivity contribution in [3.05, 3.63) is 59.2 Å². The number of amides is 1. The summed E-state index contributed by atoms with van der Waals surface area (Å²) in [4.78, 5) is 24.3. The molecule has 1 saturated heterocycles. The van der Waals surface area contributed by atoms with Crippen molar-refractivity contribution in [2.24, 2.45) is 0 Å². The van der Waals surface area contributed by atoms with Gasteiger partial charge in [-0.1, -0.05) is 30.3 Å². The number of carbonyl (C=O) groups excluding carboxylic acids is 1. The number of hydrogen-bond donors (Lipinski definition) is 1. The minimum absolute atomic E-state index is 0.0831. The summed E-state index contributed by atoms with van der Waals surface area (Å²) in [6, 6.07) is 10.0. The highest BCUT2D eigenvalue weighted by Crippen LogP contribution is 2.28. The Hall–Kier alpha value is -2.27. The number of benzene rings is 1. The van der Waals surface area contributed by atoms with E-state index in [1.807, 2.05) is 48.4 Å². The second-order valence-electron chi connectivity index (χ2n) is 7.36. The molecule has 0 unspecified atom stereocenters. The predicted octanol–water partition coefficient (Wildman–Crippen LogP) is 2.63. The average molecular weight is 350 g/mol. The van der Waals surface area contributed by atoms with Crippen LogP contribution in [0.25, 0.3) is 0 Å². The zero-order valence-corrected chi connectivity index (χ0v) is 15.3. The molecule has 0 spiro atoms. The number of hydrogen-bond acceptors (Lipinski definition) is 4. The second kappa shape index (κ2) is 7.54. The van der Waals surface area contributed by atoms with Crippen molar-refractivity contribution in [1.29, 1.82) is 0 Å². The molecule has 1 aromatic heterocycles. The Labute approximate surface area is 154 Å². The maximum atomic E-state index is 12.8. The van der Waals surface area contributed by atoms with Crippen LogP contribution in [0.15, 0.2) is 36.5 Å². The number of fused-ring (bicyclic) bond motifs is 1. The molecule has 136 valence electrons. The lowest BCUT2D eigenvalue weighted by Crippen LogP contribution is -2.40. The van der Waals surface area contributed by atoms with Crippen LogP contribution in [0.2, 0.25) is 0 Å². The third-order valence-electron chi connectivity index (χ3n) is 5.67. The lowest BCUT2D eigenvalue weighted by Gasteiger charge is -2.33. The molecule has 3 heterocycles. The Morgan fingerprint density at radius 3 is 2.77 bits per heavy atom. The number of nitrogens with one attached hydrogen (secondary N) is 1. The molecule has 0 bridgehead atoms. The Kier molecular flexibility index (Phi) is 4.98. The average Bonchev–Trinajstić information content (AvgIpc) is 2.73. The second-order valence-corrected chi connectivity index (χ2v) is 7.36. The van der Waals surface area contributed by atoms with Crippen molar-refractivity contribution in [3.8, 4) is 0 Å². The van der Waals surface area contributed by atoms with Crippen molar-refractivity contribution in [3.63, 3.8) is 0 Å². The molecule has 1 fully saturated rings. The van der Waals surface area contributed by atoms with E-state index >= 15 is 0 Å². The quantitative estimate of drug-likeness (QED) is 0.924. The fraction of sp³-hybridized carbons (Fsp3) is 0.476. The summed E-state index contributed by atoms with van der Waals surface area (Å²) in [6.07, 6.45) is 4.87. The van der Waals surface area contributed by atoms with Crippen LogP contribution in [-0.2, 0) is 17.8 Å². The molecule has 26 heavy (non-hydrogen) atoms. The van der Waals surface area contributed by atoms with Gasteiger partial charge in [-0.2, -0.15) is 0 Å². The SMILES string of the molecule is C[C@H](C(=O)N1CCC(c2ncc3c(n2)CCNC3)CC1)c1ccccc1. The first-order chi connectivity index (χ1) is 12.7. The molecule has 1 aromatic carbocycles. The molecule has 2 aromatic rings. The van der Waals surface area contributed by atoms with E-state index in [-0.39, 0.29) is 11.8 Å². The van der Waals surface area contributed by atoms with E-state index < -0.39 is 0 Å². The van der Waals surface area contributed by atoms with Crippen molar-refractivity contribution in [1.82, 2.24) is 20.2 Å². The number of carbonyl (C=O) groups is 1. The van der Waals surface area contributed by atoms with Crippen molar-refractivity contribution in [2.45, 2.75) is 44.6 Å². The molecule has 2 aliphatic heterocycles. The van der Waals surface area contributed by atoms with Crippen molar-refractivity contribution < 1.29 is 4.79 Å². The van der Waals surface area contributed by atoms with Gasteiger partial charge in [0, 0.05) is 56.0 Å². The highest BCUT2D eigenvalue weighted by atomic mass is 16.2. The third kappa shape index (κ3) is 3.49. The number of likely N-dealkylation sites (tertiary alicyclic amines) is 1. The van der Waals surface area contributed by atoms with E-state index in [2.05, 4.69) is 10.3 Å². The molecular formula is C21H26N4O. The summed E-state index contributed by atoms with van der Waals surface area (Å²) in [5.41, 5.74) is 3.51. The van der Waals surface area contributed by atoms with Gasteiger partial charge in [0.15, 0.2) is 0 Å². The molecule has 5 heteroatoms. The zero-order chi connectivity index (χ0) is 17.9. The molecule has 1 N–H and O–H groups in total. The third-order valence-corrected chi connectivity index (χ3v) is 5.67. The van der Waals surface area contributed by atoms with Crippen LogP contribution in [0.3, 0.4) is 0 Å². The molecule has 5 nitrogen and oxygen atoms in total. The standard InChI is InChI=1S/C21H26N4O/c1-15(16-5-3-2-4-6-16)21(26)25-11-8-17(9-12-25)20-23-14-18-13-22-10-7-19(18)24-20/h2-6,14-15,17,22H,7-13H2,1H3/t15-/m0/s1. The van der Waals surface area contributed by atoms with Gasteiger partial charge in [0.1, 0.15) is 5.82 Å². The molecule has 4 rings (SSSR count). The van der Waals surface area contributed by atoms with E-state index in [0.717, 1.165) is 56.8 Å². The molecule has 2 aliphatic rings. The normalized spacial score (nSPS) is 19.0. The lowest BCUT2D eigenvalue weighted by atomic mass is 9.93. The molecular weight excluding hydrogens is 324 g/mol. The van der Waals surface area contributed by atoms with Gasteiger partial charge in [-0.25, -0.2) is 9.97 Å². The summed E-state index contributed by atoms with van der Waals surface area (Å²) in [5, 5.41) is 3.36. The van der Waals surface area contributed by atoms with Gasteiger partial charge in [0.05, 0.1) is 5.92 Å². The first kappa shape index (κ1) is 17.2. The van der Waals surface area contributed by atoms with E-state index in [9.17, 15) is 4.79 Å². The predicted molar refractivity (Wildman–Crippen MR) is 101 cm³/mol. The summed E-state index contributed by atoms with van der Waals surface area (Å²) in [5.74, 6) is 1.48. The fourth-order valence-corrected chi connectivity index (χ4v) is 3.96. The molecule has 1 amide bonds. The van der Waals surface area contributed by atoms with E-state index in [4.69, 9.17) is 4.98 Å². The maximum Gasteiger partial charge on any atom is 0.229 e. The molecule has 0 saturated carbocycles. The van der Waals surface area contributed by atoms with Gasteiger partial charge >= 0.3 is 0 Å². The molecule has 0 radical (unpaired) electrons. The van der Waals surface area contributed by atoms with Gasteiger partial charge in [0.2, 0.25) is 5.91 Å². The van der Waals surface area contributed by atoms with E-state index in [1.165, 1.54) is 11.3 Å². The van der Waals surface area contributed by atoms with E-state index in [1.54, 1.807) is 0 Å². The Balaban J connectivity index is 1.39. The van der Waals surface area contributed by atoms with Crippen LogP contribution in [0, 0.1) is 0 Å². The number of piperidine rings is 1. The number of rotatable bonds is 3. The van der Waals surface area contributed by atoms with Crippen LogP contribution in [0.4, 0.5) is 0 Å². The van der Waals surface area contributed by atoms with Crippen molar-refractivity contribution in [2.75, 3.05) is 19.6 Å². The van der Waals surface area contributed by atoms with Gasteiger partial charge in [-0.05, 0) is 25.3 Å².